The Kier molecular flexibility index (Phi) is 4.81. The fourth-order valence-electron chi connectivity index (χ4n) is 2.50. The van der Waals surface area contributed by atoms with E-state index in [-0.39, 0.29) is 16.7 Å². The lowest BCUT2D eigenvalue weighted by Gasteiger charge is -2.28. The molecule has 0 spiro atoms. The zero-order valence-corrected chi connectivity index (χ0v) is 13.1. The van der Waals surface area contributed by atoms with E-state index in [0.29, 0.717) is 17.7 Å². The molecule has 1 atom stereocenters. The molecular weight excluding hydrogens is 291 g/mol. The van der Waals surface area contributed by atoms with Crippen molar-refractivity contribution in [2.75, 3.05) is 0 Å². The van der Waals surface area contributed by atoms with Gasteiger partial charge in [0.15, 0.2) is 0 Å². The molecule has 0 amide bonds. The van der Waals surface area contributed by atoms with Crippen LogP contribution in [-0.2, 0) is 5.41 Å². The number of pyridine rings is 1. The van der Waals surface area contributed by atoms with E-state index in [9.17, 15) is 4.39 Å². The van der Waals surface area contributed by atoms with Crippen LogP contribution in [0.3, 0.4) is 0 Å². The Hall–Kier alpha value is -2.66. The van der Waals surface area contributed by atoms with Crippen molar-refractivity contribution in [1.82, 2.24) is 9.99 Å². The Morgan fingerprint density at radius 3 is 2.83 bits per heavy atom. The van der Waals surface area contributed by atoms with Gasteiger partial charge in [0.25, 0.3) is 0 Å². The number of nitrogens with zero attached hydrogens (tertiary/aromatic N) is 1. The molecule has 4 nitrogen and oxygen atoms in total. The molecule has 0 bridgehead atoms. The molecule has 0 aromatic carbocycles. The summed E-state index contributed by atoms with van der Waals surface area (Å²) in [7, 11) is 0. The smallest absolute Gasteiger partial charge is 0.129 e. The largest absolute Gasteiger partial charge is 0.331 e. The molecule has 1 aromatic rings. The van der Waals surface area contributed by atoms with Crippen LogP contribution in [0.2, 0.25) is 0 Å². The molecular formula is C18H21FN4. The van der Waals surface area contributed by atoms with Crippen molar-refractivity contribution in [3.8, 4) is 0 Å². The van der Waals surface area contributed by atoms with Gasteiger partial charge in [0.2, 0.25) is 0 Å². The Bertz CT molecular complexity index is 782. The lowest BCUT2D eigenvalue weighted by atomic mass is 9.77. The highest BCUT2D eigenvalue weighted by atomic mass is 19.1. The molecule has 2 rings (SSSR count). The van der Waals surface area contributed by atoms with Gasteiger partial charge >= 0.3 is 0 Å². The highest BCUT2D eigenvalue weighted by Crippen LogP contribution is 2.33. The minimum Gasteiger partial charge on any atom is -0.331 e. The van der Waals surface area contributed by atoms with Crippen LogP contribution in [0.4, 0.5) is 4.39 Å². The molecule has 120 valence electrons. The monoisotopic (exact) mass is 312 g/mol. The van der Waals surface area contributed by atoms with Crippen LogP contribution in [0.5, 0.6) is 0 Å². The number of hydrogen-bond donors (Lipinski definition) is 3. The van der Waals surface area contributed by atoms with Crippen molar-refractivity contribution in [2.45, 2.75) is 18.8 Å². The summed E-state index contributed by atoms with van der Waals surface area (Å²) in [6.07, 6.45) is 10.4. The Morgan fingerprint density at radius 2 is 2.30 bits per heavy atom. The van der Waals surface area contributed by atoms with Gasteiger partial charge < -0.3 is 9.99 Å². The molecule has 1 aliphatic rings. The first kappa shape index (κ1) is 16.7. The van der Waals surface area contributed by atoms with Crippen LogP contribution < -0.4 is 16.8 Å². The number of hydrogen-bond acceptors (Lipinski definition) is 3. The summed E-state index contributed by atoms with van der Waals surface area (Å²) < 4.78 is 14.8. The van der Waals surface area contributed by atoms with Gasteiger partial charge in [0.05, 0.1) is 0 Å². The van der Waals surface area contributed by atoms with Gasteiger partial charge in [0, 0.05) is 29.1 Å². The average Bonchev–Trinajstić information content (AvgIpc) is 2.55. The van der Waals surface area contributed by atoms with Crippen LogP contribution in [0, 0.1) is 5.41 Å². The van der Waals surface area contributed by atoms with Crippen molar-refractivity contribution in [1.29, 1.82) is 5.41 Å². The number of rotatable bonds is 5. The van der Waals surface area contributed by atoms with Gasteiger partial charge in [-0.05, 0) is 36.3 Å². The zero-order valence-electron chi connectivity index (χ0n) is 13.1. The highest BCUT2D eigenvalue weighted by molar-refractivity contribution is 5.66. The van der Waals surface area contributed by atoms with Crippen molar-refractivity contribution < 1.29 is 4.39 Å². The van der Waals surface area contributed by atoms with E-state index in [4.69, 9.17) is 11.3 Å². The van der Waals surface area contributed by atoms with Crippen LogP contribution in [0.25, 0.3) is 5.70 Å². The normalized spacial score (nSPS) is 20.8. The van der Waals surface area contributed by atoms with Crippen LogP contribution in [0.15, 0.2) is 73.4 Å². The van der Waals surface area contributed by atoms with E-state index < -0.39 is 0 Å². The van der Waals surface area contributed by atoms with Crippen molar-refractivity contribution >= 4 is 5.70 Å². The maximum Gasteiger partial charge on any atom is 0.129 e. The number of allylic oxidation sites excluding steroid dienone is 7. The summed E-state index contributed by atoms with van der Waals surface area (Å²) in [5.41, 5.74) is 4.63. The van der Waals surface area contributed by atoms with Gasteiger partial charge in [-0.25, -0.2) is 4.39 Å². The molecule has 1 unspecified atom stereocenters. The first-order valence-corrected chi connectivity index (χ1v) is 7.22. The molecule has 0 fully saturated rings. The topological polar surface area (TPSA) is 66.8 Å². The van der Waals surface area contributed by atoms with Crippen molar-refractivity contribution in [3.63, 3.8) is 0 Å². The van der Waals surface area contributed by atoms with Crippen molar-refractivity contribution in [2.24, 2.45) is 5.84 Å². The fourth-order valence-corrected chi connectivity index (χ4v) is 2.50. The molecule has 0 radical (unpaired) electrons. The third kappa shape index (κ3) is 3.40. The summed E-state index contributed by atoms with van der Waals surface area (Å²) in [6, 6.07) is 3.68. The van der Waals surface area contributed by atoms with Gasteiger partial charge in [0.1, 0.15) is 11.3 Å². The average molecular weight is 312 g/mol. The molecule has 1 aromatic heterocycles. The third-order valence-corrected chi connectivity index (χ3v) is 4.03. The van der Waals surface area contributed by atoms with Gasteiger partial charge in [-0.15, -0.1) is 0 Å². The van der Waals surface area contributed by atoms with E-state index in [2.05, 4.69) is 18.6 Å². The summed E-state index contributed by atoms with van der Waals surface area (Å²) in [5, 5.41) is 8.26. The summed E-state index contributed by atoms with van der Waals surface area (Å²) in [6.45, 7) is 9.72. The van der Waals surface area contributed by atoms with Gasteiger partial charge in [-0.1, -0.05) is 32.2 Å². The molecule has 1 heterocycles. The predicted octanol–water partition coefficient (Wildman–Crippen LogP) is 3.04. The Morgan fingerprint density at radius 1 is 1.57 bits per heavy atom. The Balaban J connectivity index is 2.38. The quantitative estimate of drug-likeness (QED) is 0.444. The summed E-state index contributed by atoms with van der Waals surface area (Å²) >= 11 is 0. The maximum absolute atomic E-state index is 13.2. The number of aromatic nitrogens is 1. The van der Waals surface area contributed by atoms with E-state index in [1.54, 1.807) is 35.2 Å². The van der Waals surface area contributed by atoms with E-state index in [1.165, 1.54) is 6.08 Å². The second-order valence-corrected chi connectivity index (χ2v) is 5.63. The first-order valence-electron chi connectivity index (χ1n) is 7.22. The molecule has 4 N–H and O–H groups in total. The van der Waals surface area contributed by atoms with E-state index in [1.807, 2.05) is 19.1 Å². The maximum atomic E-state index is 13.2. The van der Waals surface area contributed by atoms with E-state index >= 15 is 0 Å². The molecule has 0 aliphatic heterocycles. The zero-order chi connectivity index (χ0) is 17.0. The minimum atomic E-state index is -0.318. The van der Waals surface area contributed by atoms with Gasteiger partial charge in [-0.2, -0.15) is 0 Å². The minimum absolute atomic E-state index is 0.219. The molecule has 1 aliphatic carbocycles. The highest BCUT2D eigenvalue weighted by Gasteiger charge is 2.25. The van der Waals surface area contributed by atoms with Gasteiger partial charge in [-0.3, -0.25) is 11.3 Å². The molecule has 23 heavy (non-hydrogen) atoms. The third-order valence-electron chi connectivity index (χ3n) is 4.03. The lowest BCUT2D eigenvalue weighted by molar-refractivity contribution is 0.561. The SMILES string of the molecule is C=C/C(=C\NN)C(=C)n1ccc(C2(C)C=CC(F)=CC2)cc1=N. The molecule has 0 saturated heterocycles. The standard InChI is InChI=1S/C18H21FN4/c1-4-14(12-22-21)13(2)23-10-7-15(11-17(23)20)18(3)8-5-16(19)6-9-18/h4-8,10-12,20,22H,1-2,9,21H2,3H3/b14-12+,20-17?. The van der Waals surface area contributed by atoms with Crippen LogP contribution in [0.1, 0.15) is 18.9 Å². The van der Waals surface area contributed by atoms with E-state index in [0.717, 1.165) is 5.56 Å². The predicted molar refractivity (Wildman–Crippen MR) is 91.5 cm³/mol. The lowest BCUT2D eigenvalue weighted by Crippen LogP contribution is -2.26. The first-order chi connectivity index (χ1) is 10.9. The number of halogens is 1. The fraction of sp³-hybridized carbons (Fsp3) is 0.167. The Labute approximate surface area is 135 Å². The number of nitrogens with one attached hydrogen (secondary N) is 2. The second kappa shape index (κ2) is 6.62. The van der Waals surface area contributed by atoms with Crippen LogP contribution >= 0.6 is 0 Å². The van der Waals surface area contributed by atoms with Crippen molar-refractivity contribution in [3.05, 3.63) is 84.4 Å². The summed E-state index contributed by atoms with van der Waals surface area (Å²) in [5.74, 6) is 5.07. The summed E-state index contributed by atoms with van der Waals surface area (Å²) in [4.78, 5) is 0. The number of hydrazine groups is 1. The number of nitrogens with two attached hydrogens (primary N) is 1. The second-order valence-electron chi connectivity index (χ2n) is 5.63. The van der Waals surface area contributed by atoms with Crippen LogP contribution in [-0.4, -0.2) is 4.57 Å². The molecule has 5 heteroatoms. The molecule has 0 saturated carbocycles.